The van der Waals surface area contributed by atoms with Gasteiger partial charge in [-0.1, -0.05) is 31.2 Å². The first kappa shape index (κ1) is 13.8. The number of aliphatic hydroxyl groups excluding tert-OH is 1. The Morgan fingerprint density at radius 3 is 2.65 bits per heavy atom. The lowest BCUT2D eigenvalue weighted by molar-refractivity contribution is 0.0920. The normalized spacial score (nSPS) is 29.6. The molecule has 1 saturated heterocycles. The number of carbonyl (C=O) groups is 1. The standard InChI is InChI=1S/C17H23NO2/c1-2-12-3-5-13(6-4-12)17(20)11-18-9-14-7-8-16(19)15(14)10-18/h3-6,14-16,19H,2,7-11H2,1H3. The second-order valence-corrected chi connectivity index (χ2v) is 6.24. The highest BCUT2D eigenvalue weighted by atomic mass is 16.3. The van der Waals surface area contributed by atoms with Crippen LogP contribution in [0.4, 0.5) is 0 Å². The van der Waals surface area contributed by atoms with Crippen LogP contribution in [0.5, 0.6) is 0 Å². The van der Waals surface area contributed by atoms with E-state index in [0.717, 1.165) is 37.9 Å². The van der Waals surface area contributed by atoms with Gasteiger partial charge in [0, 0.05) is 24.6 Å². The summed E-state index contributed by atoms with van der Waals surface area (Å²) in [6.07, 6.45) is 2.91. The zero-order valence-electron chi connectivity index (χ0n) is 12.1. The van der Waals surface area contributed by atoms with Crippen LogP contribution in [0.15, 0.2) is 24.3 Å². The molecule has 1 heterocycles. The van der Waals surface area contributed by atoms with Crippen molar-refractivity contribution < 1.29 is 9.90 Å². The molecule has 0 aromatic heterocycles. The van der Waals surface area contributed by atoms with Crippen LogP contribution >= 0.6 is 0 Å². The van der Waals surface area contributed by atoms with E-state index < -0.39 is 0 Å². The van der Waals surface area contributed by atoms with E-state index in [4.69, 9.17) is 0 Å². The molecule has 3 heteroatoms. The van der Waals surface area contributed by atoms with E-state index in [1.165, 1.54) is 5.56 Å². The van der Waals surface area contributed by atoms with Crippen LogP contribution in [0.25, 0.3) is 0 Å². The van der Waals surface area contributed by atoms with Crippen molar-refractivity contribution in [2.75, 3.05) is 19.6 Å². The van der Waals surface area contributed by atoms with Gasteiger partial charge in [0.25, 0.3) is 0 Å². The Hall–Kier alpha value is -1.19. The fraction of sp³-hybridized carbons (Fsp3) is 0.588. The number of nitrogens with zero attached hydrogens (tertiary/aromatic N) is 1. The second kappa shape index (κ2) is 5.66. The van der Waals surface area contributed by atoms with E-state index in [1.807, 2.05) is 24.3 Å². The van der Waals surface area contributed by atoms with E-state index in [2.05, 4.69) is 11.8 Å². The molecule has 1 aromatic carbocycles. The first-order valence-electron chi connectivity index (χ1n) is 7.70. The van der Waals surface area contributed by atoms with E-state index >= 15 is 0 Å². The highest BCUT2D eigenvalue weighted by Crippen LogP contribution is 2.37. The Morgan fingerprint density at radius 2 is 2.00 bits per heavy atom. The second-order valence-electron chi connectivity index (χ2n) is 6.24. The SMILES string of the molecule is CCc1ccc(C(=O)CN2CC3CCC(O)C3C2)cc1. The van der Waals surface area contributed by atoms with Crippen molar-refractivity contribution in [3.05, 3.63) is 35.4 Å². The van der Waals surface area contributed by atoms with Crippen LogP contribution < -0.4 is 0 Å². The predicted molar refractivity (Wildman–Crippen MR) is 78.8 cm³/mol. The summed E-state index contributed by atoms with van der Waals surface area (Å²) >= 11 is 0. The van der Waals surface area contributed by atoms with E-state index in [-0.39, 0.29) is 11.9 Å². The summed E-state index contributed by atoms with van der Waals surface area (Å²) in [4.78, 5) is 14.5. The fourth-order valence-corrected chi connectivity index (χ4v) is 3.68. The lowest BCUT2D eigenvalue weighted by atomic mass is 10.00. The van der Waals surface area contributed by atoms with Gasteiger partial charge in [0.1, 0.15) is 0 Å². The largest absolute Gasteiger partial charge is 0.393 e. The maximum Gasteiger partial charge on any atom is 0.176 e. The molecule has 1 N–H and O–H groups in total. The molecule has 2 fully saturated rings. The smallest absolute Gasteiger partial charge is 0.176 e. The Labute approximate surface area is 120 Å². The molecule has 0 bridgehead atoms. The van der Waals surface area contributed by atoms with Crippen LogP contribution in [0, 0.1) is 11.8 Å². The van der Waals surface area contributed by atoms with Crippen molar-refractivity contribution >= 4 is 5.78 Å². The fourth-order valence-electron chi connectivity index (χ4n) is 3.68. The number of aryl methyl sites for hydroxylation is 1. The number of likely N-dealkylation sites (tertiary alicyclic amines) is 1. The molecule has 3 unspecified atom stereocenters. The topological polar surface area (TPSA) is 40.5 Å². The zero-order chi connectivity index (χ0) is 14.1. The van der Waals surface area contributed by atoms with Crippen LogP contribution in [0.3, 0.4) is 0 Å². The Morgan fingerprint density at radius 1 is 1.25 bits per heavy atom. The quantitative estimate of drug-likeness (QED) is 0.854. The van der Waals surface area contributed by atoms with Gasteiger partial charge >= 0.3 is 0 Å². The summed E-state index contributed by atoms with van der Waals surface area (Å²) in [5.41, 5.74) is 2.07. The first-order valence-corrected chi connectivity index (χ1v) is 7.70. The Balaban J connectivity index is 1.59. The molecule has 0 radical (unpaired) electrons. The van der Waals surface area contributed by atoms with E-state index in [1.54, 1.807) is 0 Å². The Bertz CT molecular complexity index is 482. The maximum absolute atomic E-state index is 12.3. The van der Waals surface area contributed by atoms with Gasteiger partial charge in [-0.3, -0.25) is 9.69 Å². The number of fused-ring (bicyclic) bond motifs is 1. The van der Waals surface area contributed by atoms with Crippen molar-refractivity contribution in [1.29, 1.82) is 0 Å². The first-order chi connectivity index (χ1) is 9.67. The molecule has 3 rings (SSSR count). The van der Waals surface area contributed by atoms with Crippen molar-refractivity contribution in [2.45, 2.75) is 32.3 Å². The monoisotopic (exact) mass is 273 g/mol. The number of Topliss-reactive ketones (excluding diaryl/α,β-unsaturated/α-hetero) is 1. The maximum atomic E-state index is 12.3. The molecule has 1 saturated carbocycles. The van der Waals surface area contributed by atoms with Crippen LogP contribution in [-0.2, 0) is 6.42 Å². The van der Waals surface area contributed by atoms with Gasteiger partial charge in [0.05, 0.1) is 12.6 Å². The number of ketones is 1. The van der Waals surface area contributed by atoms with Gasteiger partial charge in [0.15, 0.2) is 5.78 Å². The van der Waals surface area contributed by atoms with Gasteiger partial charge in [-0.15, -0.1) is 0 Å². The van der Waals surface area contributed by atoms with Crippen molar-refractivity contribution in [3.8, 4) is 0 Å². The number of aliphatic hydroxyl groups is 1. The van der Waals surface area contributed by atoms with Gasteiger partial charge in [-0.2, -0.15) is 0 Å². The summed E-state index contributed by atoms with van der Waals surface area (Å²) in [6.45, 7) is 4.46. The van der Waals surface area contributed by atoms with Crippen LogP contribution in [0.1, 0.15) is 35.7 Å². The van der Waals surface area contributed by atoms with Gasteiger partial charge < -0.3 is 5.11 Å². The molecule has 1 aromatic rings. The minimum atomic E-state index is -0.149. The average Bonchev–Trinajstić information content (AvgIpc) is 3.01. The number of rotatable bonds is 4. The molecule has 2 aliphatic rings. The summed E-state index contributed by atoms with van der Waals surface area (Å²) in [5, 5.41) is 9.91. The molecule has 3 nitrogen and oxygen atoms in total. The van der Waals surface area contributed by atoms with Crippen molar-refractivity contribution in [2.24, 2.45) is 11.8 Å². The molecule has 0 amide bonds. The third-order valence-electron chi connectivity index (χ3n) is 4.95. The minimum absolute atomic E-state index is 0.149. The molecule has 1 aliphatic heterocycles. The van der Waals surface area contributed by atoms with E-state index in [9.17, 15) is 9.90 Å². The van der Waals surface area contributed by atoms with Gasteiger partial charge in [-0.05, 0) is 30.7 Å². The number of hydrogen-bond acceptors (Lipinski definition) is 3. The molecular formula is C17H23NO2. The predicted octanol–water partition coefficient (Wildman–Crippen LogP) is 2.13. The molecular weight excluding hydrogens is 250 g/mol. The highest BCUT2D eigenvalue weighted by molar-refractivity contribution is 5.97. The van der Waals surface area contributed by atoms with Crippen LogP contribution in [-0.4, -0.2) is 41.5 Å². The van der Waals surface area contributed by atoms with Crippen molar-refractivity contribution in [3.63, 3.8) is 0 Å². The number of carbonyl (C=O) groups excluding carboxylic acids is 1. The molecule has 0 spiro atoms. The lowest BCUT2D eigenvalue weighted by Gasteiger charge is -2.17. The summed E-state index contributed by atoms with van der Waals surface area (Å²) in [5.74, 6) is 1.19. The molecule has 3 atom stereocenters. The van der Waals surface area contributed by atoms with Crippen LogP contribution in [0.2, 0.25) is 0 Å². The summed E-state index contributed by atoms with van der Waals surface area (Å²) < 4.78 is 0. The summed E-state index contributed by atoms with van der Waals surface area (Å²) in [7, 11) is 0. The third-order valence-corrected chi connectivity index (χ3v) is 4.95. The third kappa shape index (κ3) is 2.65. The minimum Gasteiger partial charge on any atom is -0.393 e. The average molecular weight is 273 g/mol. The Kier molecular flexibility index (Phi) is 3.90. The van der Waals surface area contributed by atoms with E-state index in [0.29, 0.717) is 18.4 Å². The van der Waals surface area contributed by atoms with Crippen molar-refractivity contribution in [1.82, 2.24) is 4.90 Å². The highest BCUT2D eigenvalue weighted by Gasteiger charge is 2.41. The number of hydrogen-bond donors (Lipinski definition) is 1. The molecule has 108 valence electrons. The van der Waals surface area contributed by atoms with Gasteiger partial charge in [0.2, 0.25) is 0 Å². The number of benzene rings is 1. The van der Waals surface area contributed by atoms with Gasteiger partial charge in [-0.25, -0.2) is 0 Å². The molecule has 1 aliphatic carbocycles. The molecule has 20 heavy (non-hydrogen) atoms. The lowest BCUT2D eigenvalue weighted by Crippen LogP contribution is -2.30. The zero-order valence-corrected chi connectivity index (χ0v) is 12.1. The summed E-state index contributed by atoms with van der Waals surface area (Å²) in [6, 6.07) is 7.95.